The van der Waals surface area contributed by atoms with E-state index in [1.807, 2.05) is 4.90 Å². The molecule has 0 bridgehead atoms. The lowest BCUT2D eigenvalue weighted by Crippen LogP contribution is -2.36. The highest BCUT2D eigenvalue weighted by molar-refractivity contribution is 5.73. The number of benzene rings is 2. The number of rotatable bonds is 6. The molecule has 0 aromatic heterocycles. The maximum absolute atomic E-state index is 13.1. The molecule has 0 saturated carbocycles. The normalized spacial score (nSPS) is 22.4. The third-order valence-electron chi connectivity index (χ3n) is 6.57. The summed E-state index contributed by atoms with van der Waals surface area (Å²) in [7, 11) is 0. The highest BCUT2D eigenvalue weighted by Crippen LogP contribution is 2.45. The van der Waals surface area contributed by atoms with Crippen LogP contribution in [0.5, 0.6) is 0 Å². The molecule has 2 aromatic carbocycles. The quantitative estimate of drug-likeness (QED) is 0.694. The van der Waals surface area contributed by atoms with Crippen LogP contribution in [-0.2, 0) is 16.0 Å². The van der Waals surface area contributed by atoms with Gasteiger partial charge in [0.25, 0.3) is 6.47 Å². The van der Waals surface area contributed by atoms with Gasteiger partial charge >= 0.3 is 0 Å². The second-order valence-electron chi connectivity index (χ2n) is 8.70. The predicted octanol–water partition coefficient (Wildman–Crippen LogP) is 3.95. The summed E-state index contributed by atoms with van der Waals surface area (Å²) in [4.78, 5) is 24.9. The minimum atomic E-state index is -0.250. The zero-order valence-corrected chi connectivity index (χ0v) is 18.5. The minimum absolute atomic E-state index is 0.186. The molecule has 32 heavy (non-hydrogen) atoms. The van der Waals surface area contributed by atoms with Crippen molar-refractivity contribution in [2.75, 3.05) is 32.7 Å². The first kappa shape index (κ1) is 23.7. The van der Waals surface area contributed by atoms with Crippen LogP contribution in [0.15, 0.2) is 60.7 Å². The van der Waals surface area contributed by atoms with Gasteiger partial charge in [0.05, 0.1) is 0 Å². The van der Waals surface area contributed by atoms with Gasteiger partial charge < -0.3 is 10.0 Å². The summed E-state index contributed by atoms with van der Waals surface area (Å²) >= 11 is 0. The number of halogens is 1. The van der Waals surface area contributed by atoms with Crippen LogP contribution >= 0.6 is 0 Å². The highest BCUT2D eigenvalue weighted by atomic mass is 19.1. The van der Waals surface area contributed by atoms with E-state index in [9.17, 15) is 9.18 Å². The van der Waals surface area contributed by atoms with Gasteiger partial charge in [-0.3, -0.25) is 14.5 Å². The second-order valence-corrected chi connectivity index (χ2v) is 8.70. The Kier molecular flexibility index (Phi) is 8.17. The molecule has 2 aromatic rings. The van der Waals surface area contributed by atoms with Gasteiger partial charge in [0.15, 0.2) is 0 Å². The van der Waals surface area contributed by atoms with Crippen LogP contribution in [-0.4, -0.2) is 60.0 Å². The summed E-state index contributed by atoms with van der Waals surface area (Å²) in [6, 6.07) is 17.2. The Morgan fingerprint density at radius 3 is 2.47 bits per heavy atom. The fourth-order valence-corrected chi connectivity index (χ4v) is 4.98. The second kappa shape index (κ2) is 11.0. The summed E-state index contributed by atoms with van der Waals surface area (Å²) in [5, 5.41) is 6.89. The number of nitrogens with zero attached hydrogens (tertiary/aromatic N) is 2. The molecule has 2 heterocycles. The molecule has 4 rings (SSSR count). The van der Waals surface area contributed by atoms with E-state index < -0.39 is 0 Å². The van der Waals surface area contributed by atoms with Crippen molar-refractivity contribution in [2.24, 2.45) is 11.3 Å². The van der Waals surface area contributed by atoms with E-state index in [1.165, 1.54) is 17.7 Å². The van der Waals surface area contributed by atoms with Crippen molar-refractivity contribution >= 4 is 18.5 Å². The zero-order valence-electron chi connectivity index (χ0n) is 18.5. The maximum Gasteiger partial charge on any atom is 0.290 e. The lowest BCUT2D eigenvalue weighted by Gasteiger charge is -2.29. The number of hydrogen-bond acceptors (Lipinski definition) is 3. The number of carbonyl (C=O) groups excluding carboxylic acids is 1. The minimum Gasteiger partial charge on any atom is -0.483 e. The van der Waals surface area contributed by atoms with Gasteiger partial charge in [-0.1, -0.05) is 54.6 Å². The first-order valence-corrected chi connectivity index (χ1v) is 11.0. The smallest absolute Gasteiger partial charge is 0.290 e. The van der Waals surface area contributed by atoms with E-state index in [1.54, 1.807) is 19.1 Å². The topological polar surface area (TPSA) is 60.9 Å². The molecular formula is C26H31FN2O3. The number of carboxylic acid groups (broad SMARTS) is 1. The molecule has 2 unspecified atom stereocenters. The van der Waals surface area contributed by atoms with Crippen LogP contribution in [0.25, 0.3) is 6.08 Å². The van der Waals surface area contributed by atoms with Gasteiger partial charge in [-0.05, 0) is 42.0 Å². The van der Waals surface area contributed by atoms with Crippen molar-refractivity contribution in [3.05, 3.63) is 77.6 Å². The lowest BCUT2D eigenvalue weighted by atomic mass is 9.76. The maximum atomic E-state index is 13.1. The van der Waals surface area contributed by atoms with Crippen molar-refractivity contribution in [3.8, 4) is 0 Å². The summed E-state index contributed by atoms with van der Waals surface area (Å²) in [5.74, 6) is 0.528. The van der Waals surface area contributed by atoms with Gasteiger partial charge in [0.1, 0.15) is 5.82 Å². The van der Waals surface area contributed by atoms with Crippen LogP contribution in [0.3, 0.4) is 0 Å². The average molecular weight is 439 g/mol. The van der Waals surface area contributed by atoms with Gasteiger partial charge in [-0.25, -0.2) is 4.39 Å². The molecule has 5 nitrogen and oxygen atoms in total. The van der Waals surface area contributed by atoms with Gasteiger partial charge in [-0.2, -0.15) is 0 Å². The Morgan fingerprint density at radius 1 is 1.12 bits per heavy atom. The van der Waals surface area contributed by atoms with Crippen LogP contribution in [0.4, 0.5) is 4.39 Å². The Morgan fingerprint density at radius 2 is 1.81 bits per heavy atom. The Hall–Kier alpha value is -2.99. The number of hydrogen-bond donors (Lipinski definition) is 1. The largest absolute Gasteiger partial charge is 0.483 e. The SMILES string of the molecule is CC(=O)N1CC2CN(CC=Cc3ccc(F)cc3)CC2(CCc2ccccc2)C1.O=CO. The van der Waals surface area contributed by atoms with E-state index >= 15 is 0 Å². The molecule has 0 radical (unpaired) electrons. The molecule has 170 valence electrons. The summed E-state index contributed by atoms with van der Waals surface area (Å²) in [6.07, 6.45) is 6.40. The molecule has 1 N–H and O–H groups in total. The third-order valence-corrected chi connectivity index (χ3v) is 6.57. The van der Waals surface area contributed by atoms with Crippen molar-refractivity contribution in [1.29, 1.82) is 0 Å². The van der Waals surface area contributed by atoms with E-state index in [0.717, 1.165) is 51.1 Å². The van der Waals surface area contributed by atoms with Crippen molar-refractivity contribution < 1.29 is 19.1 Å². The summed E-state index contributed by atoms with van der Waals surface area (Å²) in [6.45, 7) is 6.14. The molecule has 6 heteroatoms. The number of amides is 1. The Bertz CT molecular complexity index is 916. The van der Waals surface area contributed by atoms with Crippen LogP contribution in [0.2, 0.25) is 0 Å². The van der Waals surface area contributed by atoms with E-state index in [-0.39, 0.29) is 23.6 Å². The fourth-order valence-electron chi connectivity index (χ4n) is 4.98. The summed E-state index contributed by atoms with van der Waals surface area (Å²) < 4.78 is 13.1. The van der Waals surface area contributed by atoms with Crippen molar-refractivity contribution in [2.45, 2.75) is 19.8 Å². The highest BCUT2D eigenvalue weighted by Gasteiger charge is 2.52. The molecule has 2 saturated heterocycles. The first-order chi connectivity index (χ1) is 15.5. The van der Waals surface area contributed by atoms with E-state index in [0.29, 0.717) is 5.92 Å². The molecule has 2 aliphatic rings. The first-order valence-electron chi connectivity index (χ1n) is 11.0. The van der Waals surface area contributed by atoms with Crippen LogP contribution < -0.4 is 0 Å². The van der Waals surface area contributed by atoms with Crippen molar-refractivity contribution in [3.63, 3.8) is 0 Å². The Labute approximate surface area is 189 Å². The number of likely N-dealkylation sites (tertiary alicyclic amines) is 2. The molecule has 2 atom stereocenters. The van der Waals surface area contributed by atoms with Crippen LogP contribution in [0.1, 0.15) is 24.5 Å². The van der Waals surface area contributed by atoms with Crippen LogP contribution in [0, 0.1) is 17.2 Å². The molecule has 0 aliphatic carbocycles. The van der Waals surface area contributed by atoms with Crippen molar-refractivity contribution in [1.82, 2.24) is 9.80 Å². The number of aryl methyl sites for hydroxylation is 1. The predicted molar refractivity (Wildman–Crippen MR) is 124 cm³/mol. The molecule has 2 aliphatic heterocycles. The van der Waals surface area contributed by atoms with Gasteiger partial charge in [-0.15, -0.1) is 0 Å². The molecule has 1 amide bonds. The average Bonchev–Trinajstić information content (AvgIpc) is 3.29. The number of carbonyl (C=O) groups is 2. The molecule has 2 fully saturated rings. The van der Waals surface area contributed by atoms with Gasteiger partial charge in [0.2, 0.25) is 5.91 Å². The van der Waals surface area contributed by atoms with E-state index in [2.05, 4.69) is 47.4 Å². The summed E-state index contributed by atoms with van der Waals surface area (Å²) in [5.41, 5.74) is 2.58. The fraction of sp³-hybridized carbons (Fsp3) is 0.385. The Balaban J connectivity index is 0.000000913. The number of fused-ring (bicyclic) bond motifs is 1. The third kappa shape index (κ3) is 6.04. The van der Waals surface area contributed by atoms with E-state index in [4.69, 9.17) is 9.90 Å². The molecule has 0 spiro atoms. The van der Waals surface area contributed by atoms with Gasteiger partial charge in [0, 0.05) is 45.1 Å². The zero-order chi connectivity index (χ0) is 23.0. The lowest BCUT2D eigenvalue weighted by molar-refractivity contribution is -0.128. The monoisotopic (exact) mass is 438 g/mol. The molecular weight excluding hydrogens is 407 g/mol. The standard InChI is InChI=1S/C25H29FN2O.CH2O2/c1-20(29)28-17-23-16-27(15-5-8-22-9-11-24(26)12-10-22)18-25(23,19-28)14-13-21-6-3-2-4-7-21;2-1-3/h2-12,23H,13-19H2,1H3;1H,(H,2,3).